The minimum atomic E-state index is -0.0625. The standard InChI is InChI=1S/C16H23BrN2O/c1-16(2,3)11-7-4-5-8-12(11)19-15(20)13-9-6-10-14(17)18-13/h6,9-12H,4-5,7-8H2,1-3H3,(H,19,20). The summed E-state index contributed by atoms with van der Waals surface area (Å²) in [5.41, 5.74) is 0.709. The smallest absolute Gasteiger partial charge is 0.270 e. The van der Waals surface area contributed by atoms with Crippen LogP contribution in [-0.2, 0) is 0 Å². The van der Waals surface area contributed by atoms with Gasteiger partial charge in [-0.05, 0) is 52.2 Å². The topological polar surface area (TPSA) is 42.0 Å². The third-order valence-corrected chi connectivity index (χ3v) is 4.58. The molecule has 2 atom stereocenters. The SMILES string of the molecule is CC(C)(C)C1CCCCC1NC(=O)c1cccc(Br)n1. The van der Waals surface area contributed by atoms with Gasteiger partial charge in [0, 0.05) is 6.04 Å². The molecule has 0 bridgehead atoms. The van der Waals surface area contributed by atoms with Crippen molar-refractivity contribution in [2.24, 2.45) is 11.3 Å². The van der Waals surface area contributed by atoms with Crippen LogP contribution in [0.4, 0.5) is 0 Å². The van der Waals surface area contributed by atoms with E-state index >= 15 is 0 Å². The van der Waals surface area contributed by atoms with Crippen LogP contribution >= 0.6 is 15.9 Å². The highest BCUT2D eigenvalue weighted by Crippen LogP contribution is 2.38. The van der Waals surface area contributed by atoms with Gasteiger partial charge in [0.25, 0.3) is 5.91 Å². The number of pyridine rings is 1. The predicted molar refractivity (Wildman–Crippen MR) is 84.6 cm³/mol. The molecule has 1 heterocycles. The third kappa shape index (κ3) is 3.81. The molecule has 20 heavy (non-hydrogen) atoms. The second-order valence-electron chi connectivity index (χ2n) is 6.68. The molecule has 1 aliphatic rings. The van der Waals surface area contributed by atoms with Crippen LogP contribution in [-0.4, -0.2) is 16.9 Å². The fraction of sp³-hybridized carbons (Fsp3) is 0.625. The first kappa shape index (κ1) is 15.5. The Morgan fingerprint density at radius 2 is 2.00 bits per heavy atom. The minimum Gasteiger partial charge on any atom is -0.348 e. The van der Waals surface area contributed by atoms with E-state index in [-0.39, 0.29) is 17.4 Å². The van der Waals surface area contributed by atoms with E-state index in [0.29, 0.717) is 16.2 Å². The van der Waals surface area contributed by atoms with E-state index < -0.39 is 0 Å². The van der Waals surface area contributed by atoms with Crippen LogP contribution in [0.25, 0.3) is 0 Å². The Labute approximate surface area is 129 Å². The van der Waals surface area contributed by atoms with Gasteiger partial charge in [0.05, 0.1) is 0 Å². The molecule has 3 nitrogen and oxygen atoms in total. The lowest BCUT2D eigenvalue weighted by Gasteiger charge is -2.40. The molecular weight excluding hydrogens is 316 g/mol. The maximum absolute atomic E-state index is 12.3. The molecule has 1 N–H and O–H groups in total. The van der Waals surface area contributed by atoms with Crippen LogP contribution < -0.4 is 5.32 Å². The van der Waals surface area contributed by atoms with Gasteiger partial charge >= 0.3 is 0 Å². The van der Waals surface area contributed by atoms with E-state index in [9.17, 15) is 4.79 Å². The van der Waals surface area contributed by atoms with E-state index in [4.69, 9.17) is 0 Å². The molecule has 1 amide bonds. The van der Waals surface area contributed by atoms with Gasteiger partial charge in [-0.25, -0.2) is 4.98 Å². The molecule has 0 saturated heterocycles. The van der Waals surface area contributed by atoms with E-state index in [2.05, 4.69) is 47.0 Å². The van der Waals surface area contributed by atoms with Gasteiger partial charge in [0.1, 0.15) is 10.3 Å². The Morgan fingerprint density at radius 1 is 1.30 bits per heavy atom. The highest BCUT2D eigenvalue weighted by atomic mass is 79.9. The maximum atomic E-state index is 12.3. The summed E-state index contributed by atoms with van der Waals surface area (Å²) >= 11 is 3.31. The zero-order valence-electron chi connectivity index (χ0n) is 12.4. The summed E-state index contributed by atoms with van der Waals surface area (Å²) in [6.07, 6.45) is 4.73. The normalized spacial score (nSPS) is 23.4. The summed E-state index contributed by atoms with van der Waals surface area (Å²) in [7, 11) is 0. The number of carbonyl (C=O) groups excluding carboxylic acids is 1. The number of aromatic nitrogens is 1. The number of hydrogen-bond acceptors (Lipinski definition) is 2. The summed E-state index contributed by atoms with van der Waals surface area (Å²) in [5.74, 6) is 0.472. The van der Waals surface area contributed by atoms with Gasteiger partial charge in [0.2, 0.25) is 0 Å². The second-order valence-corrected chi connectivity index (χ2v) is 7.49. The first-order valence-corrected chi connectivity index (χ1v) is 8.10. The lowest BCUT2D eigenvalue weighted by Crippen LogP contribution is -2.46. The number of nitrogens with zero attached hydrogens (tertiary/aromatic N) is 1. The molecular formula is C16H23BrN2O. The van der Waals surface area contributed by atoms with Crippen molar-refractivity contribution in [3.63, 3.8) is 0 Å². The molecule has 0 spiro atoms. The highest BCUT2D eigenvalue weighted by molar-refractivity contribution is 9.10. The predicted octanol–water partition coefficient (Wildman–Crippen LogP) is 4.18. The average molecular weight is 339 g/mol. The molecule has 1 saturated carbocycles. The van der Waals surface area contributed by atoms with Crippen molar-refractivity contribution in [3.05, 3.63) is 28.5 Å². The second kappa shape index (κ2) is 6.25. The third-order valence-electron chi connectivity index (χ3n) is 4.14. The summed E-state index contributed by atoms with van der Waals surface area (Å²) in [4.78, 5) is 16.6. The Hall–Kier alpha value is -0.900. The lowest BCUT2D eigenvalue weighted by molar-refractivity contribution is 0.0825. The molecule has 1 fully saturated rings. The Bertz CT molecular complexity index is 482. The highest BCUT2D eigenvalue weighted by Gasteiger charge is 2.35. The number of rotatable bonds is 2. The van der Waals surface area contributed by atoms with Crippen molar-refractivity contribution < 1.29 is 4.79 Å². The molecule has 1 aliphatic carbocycles. The first-order valence-electron chi connectivity index (χ1n) is 7.31. The van der Waals surface area contributed by atoms with Gasteiger partial charge in [0.15, 0.2) is 0 Å². The molecule has 2 rings (SSSR count). The molecule has 110 valence electrons. The Kier molecular flexibility index (Phi) is 4.84. The van der Waals surface area contributed by atoms with Gasteiger partial charge in [-0.15, -0.1) is 0 Å². The van der Waals surface area contributed by atoms with E-state index in [1.165, 1.54) is 19.3 Å². The number of hydrogen-bond donors (Lipinski definition) is 1. The zero-order valence-corrected chi connectivity index (χ0v) is 14.0. The number of halogens is 1. The number of carbonyl (C=O) groups is 1. The van der Waals surface area contributed by atoms with E-state index in [1.54, 1.807) is 6.07 Å². The fourth-order valence-electron chi connectivity index (χ4n) is 3.12. The molecule has 0 radical (unpaired) electrons. The van der Waals surface area contributed by atoms with Gasteiger partial charge < -0.3 is 5.32 Å². The monoisotopic (exact) mass is 338 g/mol. The quantitative estimate of drug-likeness (QED) is 0.822. The Balaban J connectivity index is 2.09. The summed E-state index contributed by atoms with van der Waals surface area (Å²) in [6, 6.07) is 5.69. The van der Waals surface area contributed by atoms with Crippen molar-refractivity contribution in [1.82, 2.24) is 10.3 Å². The van der Waals surface area contributed by atoms with Crippen LogP contribution in [0.1, 0.15) is 56.9 Å². The maximum Gasteiger partial charge on any atom is 0.270 e. The Morgan fingerprint density at radius 3 is 2.65 bits per heavy atom. The van der Waals surface area contributed by atoms with Crippen molar-refractivity contribution in [2.45, 2.75) is 52.5 Å². The van der Waals surface area contributed by atoms with Gasteiger partial charge in [-0.3, -0.25) is 4.79 Å². The largest absolute Gasteiger partial charge is 0.348 e. The number of nitrogens with one attached hydrogen (secondary N) is 1. The molecule has 1 aromatic heterocycles. The molecule has 4 heteroatoms. The molecule has 2 unspecified atom stereocenters. The van der Waals surface area contributed by atoms with Crippen molar-refractivity contribution >= 4 is 21.8 Å². The lowest BCUT2D eigenvalue weighted by atomic mass is 9.69. The van der Waals surface area contributed by atoms with Crippen molar-refractivity contribution in [1.29, 1.82) is 0 Å². The van der Waals surface area contributed by atoms with Crippen LogP contribution in [0, 0.1) is 11.3 Å². The van der Waals surface area contributed by atoms with Crippen LogP contribution in [0.15, 0.2) is 22.8 Å². The van der Waals surface area contributed by atoms with E-state index in [0.717, 1.165) is 6.42 Å². The molecule has 0 aliphatic heterocycles. The van der Waals surface area contributed by atoms with E-state index in [1.807, 2.05) is 12.1 Å². The fourth-order valence-corrected chi connectivity index (χ4v) is 3.46. The van der Waals surface area contributed by atoms with Crippen LogP contribution in [0.2, 0.25) is 0 Å². The first-order chi connectivity index (χ1) is 9.38. The number of amides is 1. The summed E-state index contributed by atoms with van der Waals surface area (Å²) in [6.45, 7) is 6.79. The summed E-state index contributed by atoms with van der Waals surface area (Å²) in [5, 5.41) is 3.20. The summed E-state index contributed by atoms with van der Waals surface area (Å²) < 4.78 is 0.696. The van der Waals surface area contributed by atoms with Crippen LogP contribution in [0.5, 0.6) is 0 Å². The van der Waals surface area contributed by atoms with Gasteiger partial charge in [-0.1, -0.05) is 39.7 Å². The minimum absolute atomic E-state index is 0.0625. The van der Waals surface area contributed by atoms with Crippen molar-refractivity contribution in [2.75, 3.05) is 0 Å². The zero-order chi connectivity index (χ0) is 14.8. The van der Waals surface area contributed by atoms with Crippen LogP contribution in [0.3, 0.4) is 0 Å². The average Bonchev–Trinajstić information content (AvgIpc) is 2.38. The van der Waals surface area contributed by atoms with Crippen molar-refractivity contribution in [3.8, 4) is 0 Å². The molecule has 0 aromatic carbocycles. The molecule has 1 aromatic rings. The van der Waals surface area contributed by atoms with Gasteiger partial charge in [-0.2, -0.15) is 0 Å².